The minimum atomic E-state index is -0.544. The number of hydrogen-bond acceptors (Lipinski definition) is 4. The van der Waals surface area contributed by atoms with Crippen LogP contribution in [0.15, 0.2) is 29.3 Å². The number of benzene rings is 1. The van der Waals surface area contributed by atoms with Gasteiger partial charge in [-0.1, -0.05) is 11.6 Å². The molecule has 4 bridgehead atoms. The third-order valence-corrected chi connectivity index (χ3v) is 9.02. The first-order chi connectivity index (χ1) is 15.3. The molecule has 1 aromatic carbocycles. The van der Waals surface area contributed by atoms with Gasteiger partial charge >= 0.3 is 0 Å². The molecule has 1 unspecified atom stereocenters. The van der Waals surface area contributed by atoms with Crippen LogP contribution in [0.4, 0.5) is 5.69 Å². The summed E-state index contributed by atoms with van der Waals surface area (Å²) >= 11 is 6.19. The lowest BCUT2D eigenvalue weighted by Gasteiger charge is -2.55. The van der Waals surface area contributed by atoms with Crippen LogP contribution >= 0.6 is 11.6 Å². The van der Waals surface area contributed by atoms with Crippen molar-refractivity contribution in [1.29, 1.82) is 0 Å². The van der Waals surface area contributed by atoms with E-state index in [0.29, 0.717) is 18.2 Å². The van der Waals surface area contributed by atoms with Crippen molar-refractivity contribution in [3.05, 3.63) is 29.3 Å². The number of nitrogens with zero attached hydrogens (tertiary/aromatic N) is 3. The Bertz CT molecular complexity index is 900. The normalized spacial score (nSPS) is 39.9. The second-order valence-electron chi connectivity index (χ2n) is 11.5. The van der Waals surface area contributed by atoms with Crippen molar-refractivity contribution in [2.45, 2.75) is 64.0 Å². The van der Waals surface area contributed by atoms with E-state index in [1.54, 1.807) is 0 Å². The molecule has 1 amide bonds. The maximum atomic E-state index is 13.9. The Balaban J connectivity index is 1.47. The van der Waals surface area contributed by atoms with Crippen molar-refractivity contribution in [3.63, 3.8) is 0 Å². The smallest absolute Gasteiger partial charge is 0.240 e. The molecule has 2 saturated heterocycles. The van der Waals surface area contributed by atoms with Crippen LogP contribution in [0.2, 0.25) is 5.02 Å². The van der Waals surface area contributed by atoms with E-state index in [1.165, 1.54) is 38.5 Å². The predicted octanol–water partition coefficient (Wildman–Crippen LogP) is 4.78. The summed E-state index contributed by atoms with van der Waals surface area (Å²) < 4.78 is 5.65. The van der Waals surface area contributed by atoms with Crippen LogP contribution in [0.5, 0.6) is 0 Å². The summed E-state index contributed by atoms with van der Waals surface area (Å²) in [6.07, 6.45) is 7.76. The molecular formula is C26H34ClN3O2. The van der Waals surface area contributed by atoms with Crippen molar-refractivity contribution in [2.24, 2.45) is 28.2 Å². The number of amidine groups is 1. The summed E-state index contributed by atoms with van der Waals surface area (Å²) in [5, 5.41) is 0.684. The van der Waals surface area contributed by atoms with Gasteiger partial charge in [-0.25, -0.2) is 0 Å². The minimum absolute atomic E-state index is 0.0139. The minimum Gasteiger partial charge on any atom is -0.379 e. The van der Waals surface area contributed by atoms with Gasteiger partial charge < -0.3 is 4.74 Å². The van der Waals surface area contributed by atoms with E-state index in [4.69, 9.17) is 21.3 Å². The first-order valence-corrected chi connectivity index (χ1v) is 12.7. The largest absolute Gasteiger partial charge is 0.379 e. The summed E-state index contributed by atoms with van der Waals surface area (Å²) in [7, 11) is 0. The summed E-state index contributed by atoms with van der Waals surface area (Å²) in [6, 6.07) is 7.66. The van der Waals surface area contributed by atoms with Gasteiger partial charge in [0, 0.05) is 18.1 Å². The highest BCUT2D eigenvalue weighted by molar-refractivity contribution is 6.31. The summed E-state index contributed by atoms with van der Waals surface area (Å²) in [4.78, 5) is 23.9. The average Bonchev–Trinajstić information content (AvgIpc) is 2.93. The van der Waals surface area contributed by atoms with Gasteiger partial charge in [0.2, 0.25) is 5.91 Å². The zero-order valence-corrected chi connectivity index (χ0v) is 20.0. The van der Waals surface area contributed by atoms with Gasteiger partial charge in [0.05, 0.1) is 35.9 Å². The van der Waals surface area contributed by atoms with E-state index in [9.17, 15) is 4.79 Å². The van der Waals surface area contributed by atoms with E-state index in [2.05, 4.69) is 18.7 Å². The van der Waals surface area contributed by atoms with E-state index in [0.717, 1.165) is 42.4 Å². The first-order valence-electron chi connectivity index (χ1n) is 12.4. The molecule has 1 aromatic rings. The lowest BCUT2D eigenvalue weighted by Crippen LogP contribution is -2.54. The summed E-state index contributed by atoms with van der Waals surface area (Å²) in [5.41, 5.74) is 0.352. The van der Waals surface area contributed by atoms with Crippen LogP contribution in [0, 0.1) is 23.2 Å². The SMILES string of the molecule is CC1(C)C(=O)N(c2ccc(Cl)cc2)C(=NC23CC4CC(CC(C4)C2)C3)C1N1CCOCC1. The maximum Gasteiger partial charge on any atom is 0.240 e. The molecule has 2 heterocycles. The maximum absolute atomic E-state index is 13.9. The molecular weight excluding hydrogens is 422 g/mol. The Morgan fingerprint density at radius 2 is 1.53 bits per heavy atom. The molecule has 5 nitrogen and oxygen atoms in total. The van der Waals surface area contributed by atoms with Crippen molar-refractivity contribution in [1.82, 2.24) is 4.90 Å². The number of amides is 1. The third kappa shape index (κ3) is 3.35. The number of aliphatic imine (C=N–C) groups is 1. The molecule has 1 atom stereocenters. The molecule has 4 saturated carbocycles. The van der Waals surface area contributed by atoms with Crippen LogP contribution in [-0.4, -0.2) is 54.5 Å². The zero-order chi connectivity index (χ0) is 22.1. The van der Waals surface area contributed by atoms with E-state index >= 15 is 0 Å². The molecule has 0 spiro atoms. The fourth-order valence-corrected chi connectivity index (χ4v) is 7.93. The van der Waals surface area contributed by atoms with Gasteiger partial charge in [0.1, 0.15) is 5.84 Å². The molecule has 6 heteroatoms. The summed E-state index contributed by atoms with van der Waals surface area (Å²) in [6.45, 7) is 7.31. The van der Waals surface area contributed by atoms with Gasteiger partial charge in [0.15, 0.2) is 0 Å². The Labute approximate surface area is 196 Å². The van der Waals surface area contributed by atoms with E-state index in [-0.39, 0.29) is 17.5 Å². The number of halogens is 1. The van der Waals surface area contributed by atoms with Crippen molar-refractivity contribution in [2.75, 3.05) is 31.2 Å². The molecule has 6 aliphatic rings. The lowest BCUT2D eigenvalue weighted by atomic mass is 9.53. The van der Waals surface area contributed by atoms with Crippen LogP contribution in [0.3, 0.4) is 0 Å². The highest BCUT2D eigenvalue weighted by atomic mass is 35.5. The van der Waals surface area contributed by atoms with Crippen molar-refractivity contribution < 1.29 is 9.53 Å². The van der Waals surface area contributed by atoms with Crippen LogP contribution in [0.1, 0.15) is 52.4 Å². The molecule has 172 valence electrons. The number of anilines is 1. The molecule has 4 aliphatic carbocycles. The molecule has 0 N–H and O–H groups in total. The van der Waals surface area contributed by atoms with Gasteiger partial charge in [-0.05, 0) is 94.4 Å². The van der Waals surface area contributed by atoms with Gasteiger partial charge in [0.25, 0.3) is 0 Å². The van der Waals surface area contributed by atoms with Gasteiger partial charge in [-0.3, -0.25) is 19.6 Å². The Hall–Kier alpha value is -1.43. The average molecular weight is 456 g/mol. The van der Waals surface area contributed by atoms with E-state index < -0.39 is 5.41 Å². The number of ether oxygens (including phenoxy) is 1. The fraction of sp³-hybridized carbons (Fsp3) is 0.692. The molecule has 7 rings (SSSR count). The first kappa shape index (κ1) is 21.1. The van der Waals surface area contributed by atoms with Crippen LogP contribution in [0.25, 0.3) is 0 Å². The van der Waals surface area contributed by atoms with Crippen molar-refractivity contribution in [3.8, 4) is 0 Å². The fourth-order valence-electron chi connectivity index (χ4n) is 7.81. The standard InChI is InChI=1S/C26H34ClN3O2/c1-25(2)22(29-7-9-32-10-8-29)23(30(24(25)31)21-5-3-20(27)4-6-21)28-26-14-17-11-18(15-26)13-19(12-17)16-26/h3-6,17-19,22H,7-16H2,1-2H3. The number of carbonyl (C=O) groups excluding carboxylic acids is 1. The topological polar surface area (TPSA) is 45.1 Å². The summed E-state index contributed by atoms with van der Waals surface area (Å²) in [5.74, 6) is 3.57. The predicted molar refractivity (Wildman–Crippen MR) is 127 cm³/mol. The molecule has 32 heavy (non-hydrogen) atoms. The molecule has 2 aliphatic heterocycles. The second-order valence-corrected chi connectivity index (χ2v) is 11.9. The number of morpholine rings is 1. The number of rotatable bonds is 3. The quantitative estimate of drug-likeness (QED) is 0.658. The highest BCUT2D eigenvalue weighted by Crippen LogP contribution is 2.58. The van der Waals surface area contributed by atoms with Crippen LogP contribution in [-0.2, 0) is 9.53 Å². The zero-order valence-electron chi connectivity index (χ0n) is 19.2. The van der Waals surface area contributed by atoms with Gasteiger partial charge in [-0.15, -0.1) is 0 Å². The molecule has 6 fully saturated rings. The van der Waals surface area contributed by atoms with E-state index in [1.807, 2.05) is 29.2 Å². The Morgan fingerprint density at radius 3 is 2.09 bits per heavy atom. The van der Waals surface area contributed by atoms with Crippen molar-refractivity contribution >= 4 is 29.0 Å². The number of hydrogen-bond donors (Lipinski definition) is 0. The molecule has 0 aromatic heterocycles. The monoisotopic (exact) mass is 455 g/mol. The van der Waals surface area contributed by atoms with Gasteiger partial charge in [-0.2, -0.15) is 0 Å². The third-order valence-electron chi connectivity index (χ3n) is 8.76. The Morgan fingerprint density at radius 1 is 0.969 bits per heavy atom. The highest BCUT2D eigenvalue weighted by Gasteiger charge is 2.57. The Kier molecular flexibility index (Phi) is 4.98. The number of carbonyl (C=O) groups is 1. The second kappa shape index (κ2) is 7.54. The lowest BCUT2D eigenvalue weighted by molar-refractivity contribution is -0.126. The van der Waals surface area contributed by atoms with Crippen LogP contribution < -0.4 is 4.90 Å². The molecule has 0 radical (unpaired) electrons.